The number of hydrogen-bond donors (Lipinski definition) is 6. The lowest BCUT2D eigenvalue weighted by Gasteiger charge is -2.30. The van der Waals surface area contributed by atoms with Crippen LogP contribution in [0, 0.1) is 0 Å². The summed E-state index contributed by atoms with van der Waals surface area (Å²) in [5.74, 6) is -1.53. The highest BCUT2D eigenvalue weighted by atomic mass is 16.5. The highest BCUT2D eigenvalue weighted by Crippen LogP contribution is 2.24. The van der Waals surface area contributed by atoms with Crippen molar-refractivity contribution >= 4 is 29.6 Å². The van der Waals surface area contributed by atoms with E-state index in [2.05, 4.69) is 37.8 Å². The molecule has 2 aromatic carbocycles. The number of rotatable bonds is 21. The fraction of sp³-hybridized carbons (Fsp3) is 0.474. The third-order valence-electron chi connectivity index (χ3n) is 8.89. The molecule has 1 saturated heterocycles. The Morgan fingerprint density at radius 2 is 1.67 bits per heavy atom. The minimum absolute atomic E-state index is 0.0258. The molecule has 14 nitrogen and oxygen atoms in total. The lowest BCUT2D eigenvalue weighted by atomic mass is 10.0. The number of amides is 4. The minimum Gasteiger partial charge on any atom is -0.372 e. The van der Waals surface area contributed by atoms with Crippen molar-refractivity contribution in [1.82, 2.24) is 30.8 Å². The number of benzene rings is 2. The van der Waals surface area contributed by atoms with Crippen molar-refractivity contribution in [3.8, 4) is 0 Å². The van der Waals surface area contributed by atoms with E-state index < -0.39 is 36.0 Å². The lowest BCUT2D eigenvalue weighted by molar-refractivity contribution is -0.142. The third-order valence-corrected chi connectivity index (χ3v) is 8.89. The zero-order chi connectivity index (χ0) is 37.1. The summed E-state index contributed by atoms with van der Waals surface area (Å²) in [4.78, 5) is 67.7. The number of hydrogen-bond acceptors (Lipinski definition) is 7. The van der Waals surface area contributed by atoms with Crippen molar-refractivity contribution in [2.24, 2.45) is 16.5 Å². The third kappa shape index (κ3) is 13.1. The molecule has 8 N–H and O–H groups in total. The van der Waals surface area contributed by atoms with Crippen molar-refractivity contribution in [3.05, 3.63) is 90.0 Å². The maximum absolute atomic E-state index is 14.6. The molecule has 1 unspecified atom stereocenters. The molecule has 0 bridgehead atoms. The normalized spacial score (nSPS) is 16.4. The fourth-order valence-electron chi connectivity index (χ4n) is 6.14. The number of aromatic amines is 1. The van der Waals surface area contributed by atoms with E-state index in [9.17, 15) is 19.2 Å². The van der Waals surface area contributed by atoms with E-state index in [0.29, 0.717) is 44.7 Å². The molecule has 1 aliphatic heterocycles. The van der Waals surface area contributed by atoms with Crippen LogP contribution in [-0.2, 0) is 43.4 Å². The van der Waals surface area contributed by atoms with Gasteiger partial charge in [0.1, 0.15) is 18.1 Å². The SMILES string of the molecule is CCCCCCC(=O)N[C@@H](Cc1cnc[nH]1)C(=O)N[C@H](Cc1ccccc1)C(=O)N1C[C@@H](OCc2ccccc2)CC1C(=O)NCCCN=C(N)N. The first-order chi connectivity index (χ1) is 25.2. The Labute approximate surface area is 305 Å². The van der Waals surface area contributed by atoms with Crippen LogP contribution in [0.2, 0.25) is 0 Å². The average molecular weight is 716 g/mol. The second-order valence-electron chi connectivity index (χ2n) is 13.1. The van der Waals surface area contributed by atoms with Crippen LogP contribution in [0.15, 0.2) is 78.2 Å². The quantitative estimate of drug-likeness (QED) is 0.0545. The zero-order valence-corrected chi connectivity index (χ0v) is 30.0. The number of aliphatic imine (C=N–C) groups is 1. The van der Waals surface area contributed by atoms with E-state index >= 15 is 0 Å². The molecule has 2 heterocycles. The number of H-pyrrole nitrogens is 1. The van der Waals surface area contributed by atoms with Crippen LogP contribution >= 0.6 is 0 Å². The van der Waals surface area contributed by atoms with E-state index in [1.165, 1.54) is 11.2 Å². The van der Waals surface area contributed by atoms with E-state index in [0.717, 1.165) is 30.4 Å². The molecule has 0 saturated carbocycles. The molecule has 280 valence electrons. The number of guanidine groups is 1. The molecule has 1 aliphatic rings. The summed E-state index contributed by atoms with van der Waals surface area (Å²) in [6, 6.07) is 16.2. The Morgan fingerprint density at radius 3 is 2.35 bits per heavy atom. The zero-order valence-electron chi connectivity index (χ0n) is 30.0. The number of nitrogens with zero attached hydrogens (tertiary/aromatic N) is 3. The molecular formula is C38H53N9O5. The van der Waals surface area contributed by atoms with Crippen molar-refractivity contribution in [2.45, 2.75) is 95.5 Å². The topological polar surface area (TPSA) is 210 Å². The monoisotopic (exact) mass is 715 g/mol. The number of carbonyl (C=O) groups excluding carboxylic acids is 4. The van der Waals surface area contributed by atoms with Gasteiger partial charge in [0.05, 0.1) is 19.0 Å². The number of imidazole rings is 1. The molecule has 4 amide bonds. The highest BCUT2D eigenvalue weighted by Gasteiger charge is 2.43. The number of likely N-dealkylation sites (tertiary alicyclic amines) is 1. The highest BCUT2D eigenvalue weighted by molar-refractivity contribution is 5.95. The van der Waals surface area contributed by atoms with Gasteiger partial charge in [-0.15, -0.1) is 0 Å². The summed E-state index contributed by atoms with van der Waals surface area (Å²) >= 11 is 0. The molecular weight excluding hydrogens is 662 g/mol. The molecule has 4 atom stereocenters. The number of unbranched alkanes of at least 4 members (excludes halogenated alkanes) is 3. The van der Waals surface area contributed by atoms with Gasteiger partial charge in [0.2, 0.25) is 23.6 Å². The van der Waals surface area contributed by atoms with Crippen LogP contribution in [0.4, 0.5) is 0 Å². The molecule has 14 heteroatoms. The standard InChI is InChI=1S/C38H53N9O5/c1-2-3-4-11-17-34(48)45-31(21-29-23-41-26-44-29)35(49)46-32(20-27-13-7-5-8-14-27)37(51)47-24-30(52-25-28-15-9-6-10-16-28)22-33(47)36(50)42-18-12-19-43-38(39)40/h5-10,13-16,23,26,30-33H,2-4,11-12,17-22,24-25H2,1H3,(H,41,44)(H,42,50)(H,45,48)(H,46,49)(H4,39,40,43)/t30-,31-,32+,33?/m0/s1. The van der Waals surface area contributed by atoms with Crippen LogP contribution in [0.5, 0.6) is 0 Å². The Morgan fingerprint density at radius 1 is 0.942 bits per heavy atom. The van der Waals surface area contributed by atoms with Gasteiger partial charge < -0.3 is 42.0 Å². The van der Waals surface area contributed by atoms with Crippen molar-refractivity contribution in [3.63, 3.8) is 0 Å². The first-order valence-corrected chi connectivity index (χ1v) is 18.1. The molecule has 52 heavy (non-hydrogen) atoms. The largest absolute Gasteiger partial charge is 0.372 e. The van der Waals surface area contributed by atoms with Crippen LogP contribution in [0.3, 0.4) is 0 Å². The number of nitrogens with one attached hydrogen (secondary N) is 4. The Balaban J connectivity index is 1.54. The van der Waals surface area contributed by atoms with Gasteiger partial charge in [-0.1, -0.05) is 86.8 Å². The van der Waals surface area contributed by atoms with E-state index in [1.807, 2.05) is 60.7 Å². The van der Waals surface area contributed by atoms with E-state index in [-0.39, 0.29) is 43.6 Å². The molecule has 0 aliphatic carbocycles. The predicted octanol–water partition coefficient (Wildman–Crippen LogP) is 2.10. The number of carbonyl (C=O) groups is 4. The van der Waals surface area contributed by atoms with Gasteiger partial charge in [0.25, 0.3) is 0 Å². The van der Waals surface area contributed by atoms with Crippen LogP contribution in [0.25, 0.3) is 0 Å². The summed E-state index contributed by atoms with van der Waals surface area (Å²) in [5.41, 5.74) is 13.3. The molecule has 1 aromatic heterocycles. The second-order valence-corrected chi connectivity index (χ2v) is 13.1. The number of aromatic nitrogens is 2. The van der Waals surface area contributed by atoms with Gasteiger partial charge in [-0.2, -0.15) is 0 Å². The smallest absolute Gasteiger partial charge is 0.246 e. The maximum Gasteiger partial charge on any atom is 0.246 e. The second kappa shape index (κ2) is 21.2. The van der Waals surface area contributed by atoms with Gasteiger partial charge >= 0.3 is 0 Å². The molecule has 4 rings (SSSR count). The Bertz CT molecular complexity index is 1570. The Kier molecular flexibility index (Phi) is 16.1. The first-order valence-electron chi connectivity index (χ1n) is 18.1. The van der Waals surface area contributed by atoms with Gasteiger partial charge in [-0.05, 0) is 24.0 Å². The summed E-state index contributed by atoms with van der Waals surface area (Å²) in [6.07, 6.45) is 7.80. The van der Waals surface area contributed by atoms with Crippen LogP contribution < -0.4 is 27.4 Å². The summed E-state index contributed by atoms with van der Waals surface area (Å²) in [7, 11) is 0. The molecule has 1 fully saturated rings. The summed E-state index contributed by atoms with van der Waals surface area (Å²) in [5, 5.41) is 8.75. The van der Waals surface area contributed by atoms with Gasteiger partial charge in [0, 0.05) is 57.2 Å². The van der Waals surface area contributed by atoms with E-state index in [1.54, 1.807) is 6.20 Å². The van der Waals surface area contributed by atoms with Gasteiger partial charge in [-0.25, -0.2) is 4.98 Å². The predicted molar refractivity (Wildman–Crippen MR) is 198 cm³/mol. The van der Waals surface area contributed by atoms with E-state index in [4.69, 9.17) is 16.2 Å². The minimum atomic E-state index is -1.04. The Hall–Kier alpha value is -5.24. The average Bonchev–Trinajstić information content (AvgIpc) is 3.83. The van der Waals surface area contributed by atoms with Crippen molar-refractivity contribution < 1.29 is 23.9 Å². The van der Waals surface area contributed by atoms with Crippen LogP contribution in [0.1, 0.15) is 68.7 Å². The fourth-order valence-corrected chi connectivity index (χ4v) is 6.14. The molecule has 0 spiro atoms. The molecule has 3 aromatic rings. The number of nitrogens with two attached hydrogens (primary N) is 2. The summed E-state index contributed by atoms with van der Waals surface area (Å²) in [6.45, 7) is 3.23. The van der Waals surface area contributed by atoms with Crippen LogP contribution in [-0.4, -0.2) is 88.3 Å². The summed E-state index contributed by atoms with van der Waals surface area (Å²) < 4.78 is 6.22. The first kappa shape index (κ1) is 39.5. The van der Waals surface area contributed by atoms with Crippen molar-refractivity contribution in [2.75, 3.05) is 19.6 Å². The lowest BCUT2D eigenvalue weighted by Crippen LogP contribution is -2.57. The van der Waals surface area contributed by atoms with Gasteiger partial charge in [0.15, 0.2) is 5.96 Å². The van der Waals surface area contributed by atoms with Gasteiger partial charge in [-0.3, -0.25) is 24.2 Å². The maximum atomic E-state index is 14.6. The molecule has 0 radical (unpaired) electrons. The van der Waals surface area contributed by atoms with Crippen molar-refractivity contribution in [1.29, 1.82) is 0 Å². The number of ether oxygens (including phenoxy) is 1.